The molecular formula is C18H28N2. The van der Waals surface area contributed by atoms with Gasteiger partial charge >= 0.3 is 0 Å². The summed E-state index contributed by atoms with van der Waals surface area (Å²) in [6, 6.07) is 9.71. The first-order valence-corrected chi connectivity index (χ1v) is 8.44. The van der Waals surface area contributed by atoms with Crippen LogP contribution in [0, 0.1) is 5.92 Å². The molecule has 0 radical (unpaired) electrons. The lowest BCUT2D eigenvalue weighted by Crippen LogP contribution is -2.40. The van der Waals surface area contributed by atoms with E-state index in [1.807, 2.05) is 0 Å². The SMILES string of the molecule is CCCC1CCC(N2CN(CC)c3ccccc32)CC1. The van der Waals surface area contributed by atoms with Crippen LogP contribution in [0.15, 0.2) is 24.3 Å². The Labute approximate surface area is 123 Å². The van der Waals surface area contributed by atoms with Crippen molar-refractivity contribution in [2.75, 3.05) is 23.0 Å². The molecule has 0 N–H and O–H groups in total. The lowest BCUT2D eigenvalue weighted by Gasteiger charge is -2.36. The first-order chi connectivity index (χ1) is 9.83. The first-order valence-electron chi connectivity index (χ1n) is 8.44. The Kier molecular flexibility index (Phi) is 4.18. The highest BCUT2D eigenvalue weighted by Crippen LogP contribution is 2.40. The molecule has 1 saturated carbocycles. The van der Waals surface area contributed by atoms with Crippen molar-refractivity contribution in [2.45, 2.75) is 58.4 Å². The van der Waals surface area contributed by atoms with Crippen molar-refractivity contribution in [3.05, 3.63) is 24.3 Å². The lowest BCUT2D eigenvalue weighted by molar-refractivity contribution is 0.300. The molecule has 1 aliphatic heterocycles. The number of benzene rings is 1. The summed E-state index contributed by atoms with van der Waals surface area (Å²) in [6.45, 7) is 6.79. The van der Waals surface area contributed by atoms with E-state index >= 15 is 0 Å². The molecule has 1 fully saturated rings. The predicted molar refractivity (Wildman–Crippen MR) is 87.5 cm³/mol. The second kappa shape index (κ2) is 6.07. The van der Waals surface area contributed by atoms with Crippen molar-refractivity contribution in [2.24, 2.45) is 5.92 Å². The van der Waals surface area contributed by atoms with Crippen molar-refractivity contribution in [1.29, 1.82) is 0 Å². The van der Waals surface area contributed by atoms with Crippen LogP contribution in [0.2, 0.25) is 0 Å². The molecule has 1 aliphatic carbocycles. The molecule has 3 rings (SSSR count). The number of nitrogens with zero attached hydrogens (tertiary/aromatic N) is 2. The summed E-state index contributed by atoms with van der Waals surface area (Å²) in [4.78, 5) is 5.18. The number of anilines is 2. The van der Waals surface area contributed by atoms with Gasteiger partial charge in [-0.1, -0.05) is 31.9 Å². The number of fused-ring (bicyclic) bond motifs is 1. The molecule has 1 aromatic rings. The Balaban J connectivity index is 1.70. The summed E-state index contributed by atoms with van der Waals surface area (Å²) in [6.07, 6.45) is 8.43. The van der Waals surface area contributed by atoms with E-state index in [9.17, 15) is 0 Å². The molecule has 0 unspecified atom stereocenters. The summed E-state index contributed by atoms with van der Waals surface area (Å²) in [7, 11) is 0. The van der Waals surface area contributed by atoms with Crippen LogP contribution in [0.1, 0.15) is 52.4 Å². The van der Waals surface area contributed by atoms with E-state index in [0.29, 0.717) is 0 Å². The molecule has 2 heteroatoms. The van der Waals surface area contributed by atoms with Gasteiger partial charge in [-0.15, -0.1) is 0 Å². The third-order valence-corrected chi connectivity index (χ3v) is 5.19. The van der Waals surface area contributed by atoms with Gasteiger partial charge in [-0.25, -0.2) is 0 Å². The molecule has 0 saturated heterocycles. The monoisotopic (exact) mass is 272 g/mol. The van der Waals surface area contributed by atoms with Gasteiger partial charge in [0.15, 0.2) is 0 Å². The smallest absolute Gasteiger partial charge is 0.0906 e. The molecule has 1 aromatic carbocycles. The molecule has 2 nitrogen and oxygen atoms in total. The van der Waals surface area contributed by atoms with Crippen molar-refractivity contribution >= 4 is 11.4 Å². The van der Waals surface area contributed by atoms with Crippen LogP contribution in [0.5, 0.6) is 0 Å². The van der Waals surface area contributed by atoms with Crippen LogP contribution in [-0.2, 0) is 0 Å². The summed E-state index contributed by atoms with van der Waals surface area (Å²) in [5.74, 6) is 0.997. The van der Waals surface area contributed by atoms with Crippen LogP contribution in [0.3, 0.4) is 0 Å². The Hall–Kier alpha value is -1.18. The molecule has 0 amide bonds. The zero-order chi connectivity index (χ0) is 13.9. The lowest BCUT2D eigenvalue weighted by atomic mass is 9.83. The fraction of sp³-hybridized carbons (Fsp3) is 0.667. The normalized spacial score (nSPS) is 25.9. The fourth-order valence-corrected chi connectivity index (χ4v) is 4.05. The average Bonchev–Trinajstić information content (AvgIpc) is 2.87. The van der Waals surface area contributed by atoms with Gasteiger partial charge < -0.3 is 9.80 Å². The molecule has 1 heterocycles. The minimum atomic E-state index is 0.765. The van der Waals surface area contributed by atoms with E-state index in [0.717, 1.165) is 25.2 Å². The summed E-state index contributed by atoms with van der Waals surface area (Å²) in [5.41, 5.74) is 2.90. The molecule has 0 atom stereocenters. The van der Waals surface area contributed by atoms with E-state index in [1.165, 1.54) is 49.9 Å². The third kappa shape index (κ3) is 2.53. The molecule has 20 heavy (non-hydrogen) atoms. The maximum absolute atomic E-state index is 2.67. The zero-order valence-corrected chi connectivity index (χ0v) is 13.0. The minimum Gasteiger partial charge on any atom is -0.352 e. The van der Waals surface area contributed by atoms with Crippen molar-refractivity contribution in [3.8, 4) is 0 Å². The Morgan fingerprint density at radius 3 is 2.35 bits per heavy atom. The van der Waals surface area contributed by atoms with Crippen molar-refractivity contribution in [3.63, 3.8) is 0 Å². The highest BCUT2D eigenvalue weighted by molar-refractivity contribution is 5.76. The van der Waals surface area contributed by atoms with Crippen LogP contribution in [0.4, 0.5) is 11.4 Å². The number of rotatable bonds is 4. The molecule has 0 bridgehead atoms. The maximum Gasteiger partial charge on any atom is 0.0906 e. The molecule has 110 valence electrons. The fourth-order valence-electron chi connectivity index (χ4n) is 4.05. The Morgan fingerprint density at radius 1 is 1.00 bits per heavy atom. The predicted octanol–water partition coefficient (Wildman–Crippen LogP) is 4.65. The Morgan fingerprint density at radius 2 is 1.70 bits per heavy atom. The van der Waals surface area contributed by atoms with Crippen LogP contribution >= 0.6 is 0 Å². The van der Waals surface area contributed by atoms with Gasteiger partial charge in [0, 0.05) is 12.6 Å². The molecular weight excluding hydrogens is 244 g/mol. The summed E-state index contributed by atoms with van der Waals surface area (Å²) >= 11 is 0. The molecule has 2 aliphatic rings. The number of hydrogen-bond acceptors (Lipinski definition) is 2. The second-order valence-corrected chi connectivity index (χ2v) is 6.42. The molecule has 0 spiro atoms. The second-order valence-electron chi connectivity index (χ2n) is 6.42. The van der Waals surface area contributed by atoms with Gasteiger partial charge in [0.25, 0.3) is 0 Å². The largest absolute Gasteiger partial charge is 0.352 e. The summed E-state index contributed by atoms with van der Waals surface area (Å²) < 4.78 is 0. The minimum absolute atomic E-state index is 0.765. The average molecular weight is 272 g/mol. The van der Waals surface area contributed by atoms with Crippen LogP contribution < -0.4 is 9.80 Å². The zero-order valence-electron chi connectivity index (χ0n) is 13.0. The number of para-hydroxylation sites is 2. The molecule has 0 aromatic heterocycles. The van der Waals surface area contributed by atoms with Gasteiger partial charge in [0.2, 0.25) is 0 Å². The van der Waals surface area contributed by atoms with Gasteiger partial charge in [0.05, 0.1) is 18.0 Å². The van der Waals surface area contributed by atoms with Crippen molar-refractivity contribution in [1.82, 2.24) is 0 Å². The van der Waals surface area contributed by atoms with Crippen LogP contribution in [-0.4, -0.2) is 19.3 Å². The quantitative estimate of drug-likeness (QED) is 0.787. The maximum atomic E-state index is 2.67. The van der Waals surface area contributed by atoms with Crippen molar-refractivity contribution < 1.29 is 0 Å². The van der Waals surface area contributed by atoms with Gasteiger partial charge in [-0.3, -0.25) is 0 Å². The topological polar surface area (TPSA) is 6.48 Å². The first kappa shape index (κ1) is 13.8. The standard InChI is InChI=1S/C18H28N2/c1-3-7-15-10-12-16(13-11-15)20-14-19(4-2)17-8-5-6-9-18(17)20/h5-6,8-9,15-16H,3-4,7,10-14H2,1-2H3. The van der Waals surface area contributed by atoms with E-state index in [1.54, 1.807) is 0 Å². The highest BCUT2D eigenvalue weighted by atomic mass is 15.4. The van der Waals surface area contributed by atoms with Gasteiger partial charge in [0.1, 0.15) is 0 Å². The van der Waals surface area contributed by atoms with E-state index < -0.39 is 0 Å². The Bertz CT molecular complexity index is 435. The highest BCUT2D eigenvalue weighted by Gasteiger charge is 2.32. The van der Waals surface area contributed by atoms with Gasteiger partial charge in [-0.2, -0.15) is 0 Å². The van der Waals surface area contributed by atoms with Crippen LogP contribution in [0.25, 0.3) is 0 Å². The van der Waals surface area contributed by atoms with E-state index in [-0.39, 0.29) is 0 Å². The van der Waals surface area contributed by atoms with E-state index in [4.69, 9.17) is 0 Å². The van der Waals surface area contributed by atoms with E-state index in [2.05, 4.69) is 47.9 Å². The van der Waals surface area contributed by atoms with Gasteiger partial charge in [-0.05, 0) is 50.7 Å². The third-order valence-electron chi connectivity index (χ3n) is 5.19. The summed E-state index contributed by atoms with van der Waals surface area (Å²) in [5, 5.41) is 0. The number of hydrogen-bond donors (Lipinski definition) is 0.